The van der Waals surface area contributed by atoms with Crippen LogP contribution in [0.4, 0.5) is 34.5 Å². The van der Waals surface area contributed by atoms with E-state index in [1.54, 1.807) is 0 Å². The molecule has 2 aliphatic rings. The van der Waals surface area contributed by atoms with Gasteiger partial charge in [-0.2, -0.15) is 0 Å². The Balaban J connectivity index is 1.12. The topological polar surface area (TPSA) is 32.8 Å². The molecule has 15 rings (SSSR count). The number of hydrogen-bond acceptors (Lipinski definition) is 4. The van der Waals surface area contributed by atoms with Crippen LogP contribution in [0.15, 0.2) is 197 Å². The molecule has 0 saturated heterocycles. The predicted octanol–water partition coefficient (Wildman–Crippen LogP) is 15.3. The summed E-state index contributed by atoms with van der Waals surface area (Å²) in [7, 11) is 0. The lowest BCUT2D eigenvalue weighted by molar-refractivity contribution is 0.621. The monoisotopic (exact) mass is 856 g/mol. The fourth-order valence-corrected chi connectivity index (χ4v) is 12.2. The van der Waals surface area contributed by atoms with E-state index in [0.29, 0.717) is 0 Å². The van der Waals surface area contributed by atoms with Crippen LogP contribution in [-0.2, 0) is 12.8 Å². The van der Waals surface area contributed by atoms with E-state index in [0.717, 1.165) is 69.3 Å². The minimum atomic E-state index is -0.189. The lowest BCUT2D eigenvalue weighted by Crippen LogP contribution is -2.60. The molecule has 0 amide bonds. The van der Waals surface area contributed by atoms with Crippen LogP contribution in [0.1, 0.15) is 25.0 Å². The summed E-state index contributed by atoms with van der Waals surface area (Å²) in [4.78, 5) is 4.91. The minimum Gasteiger partial charge on any atom is -0.440 e. The van der Waals surface area contributed by atoms with Gasteiger partial charge in [-0.15, -0.1) is 0 Å². The Morgan fingerprint density at radius 1 is 0.328 bits per heavy atom. The fourth-order valence-electron chi connectivity index (χ4n) is 12.2. The summed E-state index contributed by atoms with van der Waals surface area (Å²) in [6, 6.07) is 69.6. The Hall–Kier alpha value is -8.28. The van der Waals surface area contributed by atoms with Gasteiger partial charge in [0.1, 0.15) is 11.2 Å². The molecule has 11 aromatic carbocycles. The molecule has 4 heterocycles. The Kier molecular flexibility index (Phi) is 7.53. The highest BCUT2D eigenvalue weighted by Crippen LogP contribution is 2.52. The SMILES string of the molecule is CCc1ccc2oc3c(c2c1)B1c2c(cccc2N(c2cccc4c5ccccc5c5ccccc5c24)c2oc4ccc(CC)cc4c21)N3c1cccc2c3ccccc3c3ccccc3c12. The van der Waals surface area contributed by atoms with Gasteiger partial charge in [-0.3, -0.25) is 9.80 Å². The van der Waals surface area contributed by atoms with Crippen molar-refractivity contribution in [2.45, 2.75) is 26.7 Å². The van der Waals surface area contributed by atoms with Crippen molar-refractivity contribution in [3.63, 3.8) is 0 Å². The molecule has 0 fully saturated rings. The first-order valence-electron chi connectivity index (χ1n) is 23.7. The summed E-state index contributed by atoms with van der Waals surface area (Å²) >= 11 is 0. The number of fused-ring (bicyclic) bond motifs is 20. The molecule has 0 N–H and O–H groups in total. The second-order valence-corrected chi connectivity index (χ2v) is 18.4. The van der Waals surface area contributed by atoms with E-state index in [9.17, 15) is 0 Å². The largest absolute Gasteiger partial charge is 0.440 e. The minimum absolute atomic E-state index is 0.189. The van der Waals surface area contributed by atoms with Crippen molar-refractivity contribution < 1.29 is 8.83 Å². The molecule has 2 aliphatic heterocycles. The average Bonchev–Trinajstić information content (AvgIpc) is 3.96. The van der Waals surface area contributed by atoms with Crippen LogP contribution in [0.3, 0.4) is 0 Å². The molecule has 0 saturated carbocycles. The van der Waals surface area contributed by atoms with Gasteiger partial charge in [0, 0.05) is 43.8 Å². The molecule has 13 aromatic rings. The van der Waals surface area contributed by atoms with Crippen molar-refractivity contribution in [2.75, 3.05) is 9.80 Å². The molecule has 2 aromatic heterocycles. The van der Waals surface area contributed by atoms with E-state index >= 15 is 0 Å². The second-order valence-electron chi connectivity index (χ2n) is 18.4. The van der Waals surface area contributed by atoms with E-state index in [-0.39, 0.29) is 6.71 Å². The Morgan fingerprint density at radius 3 is 1.04 bits per heavy atom. The van der Waals surface area contributed by atoms with E-state index in [1.807, 2.05) is 0 Å². The van der Waals surface area contributed by atoms with Crippen LogP contribution >= 0.6 is 0 Å². The smallest absolute Gasteiger partial charge is 0.262 e. The molecule has 0 bridgehead atoms. The number of benzene rings is 11. The zero-order chi connectivity index (χ0) is 44.1. The highest BCUT2D eigenvalue weighted by atomic mass is 16.4. The lowest BCUT2D eigenvalue weighted by Gasteiger charge is -2.41. The lowest BCUT2D eigenvalue weighted by atomic mass is 9.33. The van der Waals surface area contributed by atoms with Gasteiger partial charge in [-0.1, -0.05) is 153 Å². The van der Waals surface area contributed by atoms with E-state index in [4.69, 9.17) is 8.83 Å². The van der Waals surface area contributed by atoms with Crippen LogP contribution in [0.5, 0.6) is 0 Å². The normalized spacial score (nSPS) is 13.3. The van der Waals surface area contributed by atoms with Crippen molar-refractivity contribution in [1.29, 1.82) is 0 Å². The summed E-state index contributed by atoms with van der Waals surface area (Å²) < 4.78 is 14.7. The van der Waals surface area contributed by atoms with E-state index in [1.165, 1.54) is 92.2 Å². The summed E-state index contributed by atoms with van der Waals surface area (Å²) in [6.45, 7) is 4.29. The number of hydrogen-bond donors (Lipinski definition) is 0. The van der Waals surface area contributed by atoms with Gasteiger partial charge in [-0.25, -0.2) is 0 Å². The van der Waals surface area contributed by atoms with Crippen molar-refractivity contribution >= 4 is 144 Å². The molecular weight excluding hydrogens is 816 g/mol. The van der Waals surface area contributed by atoms with Crippen molar-refractivity contribution in [1.82, 2.24) is 0 Å². The molecule has 0 atom stereocenters. The van der Waals surface area contributed by atoms with Crippen LogP contribution in [-0.4, -0.2) is 6.71 Å². The van der Waals surface area contributed by atoms with Crippen molar-refractivity contribution in [2.24, 2.45) is 0 Å². The quantitative estimate of drug-likeness (QED) is 0.130. The van der Waals surface area contributed by atoms with Gasteiger partial charge in [-0.05, 0) is 132 Å². The summed E-state index contributed by atoms with van der Waals surface area (Å²) in [5.74, 6) is 1.70. The van der Waals surface area contributed by atoms with E-state index in [2.05, 4.69) is 212 Å². The maximum absolute atomic E-state index is 7.35. The third kappa shape index (κ3) is 4.88. The van der Waals surface area contributed by atoms with Gasteiger partial charge >= 0.3 is 0 Å². The van der Waals surface area contributed by atoms with Gasteiger partial charge in [0.2, 0.25) is 11.8 Å². The highest BCUT2D eigenvalue weighted by molar-refractivity contribution is 7.02. The maximum atomic E-state index is 7.35. The first kappa shape index (κ1) is 37.0. The van der Waals surface area contributed by atoms with Crippen molar-refractivity contribution in [3.8, 4) is 0 Å². The van der Waals surface area contributed by atoms with Crippen LogP contribution < -0.4 is 26.2 Å². The molecular formula is C62H41BN2O2. The molecule has 0 radical (unpaired) electrons. The summed E-state index contributed by atoms with van der Waals surface area (Å²) in [6.07, 6.45) is 1.84. The third-order valence-electron chi connectivity index (χ3n) is 15.1. The van der Waals surface area contributed by atoms with E-state index < -0.39 is 0 Å². The summed E-state index contributed by atoms with van der Waals surface area (Å²) in [5.41, 5.74) is 12.3. The van der Waals surface area contributed by atoms with Gasteiger partial charge in [0.05, 0.1) is 11.4 Å². The number of anilines is 6. The Morgan fingerprint density at radius 2 is 0.657 bits per heavy atom. The number of rotatable bonds is 4. The Bertz CT molecular complexity index is 3930. The van der Waals surface area contributed by atoms with Gasteiger partial charge in [0.25, 0.3) is 6.71 Å². The number of aryl methyl sites for hydroxylation is 2. The molecule has 0 unspecified atom stereocenters. The van der Waals surface area contributed by atoms with Gasteiger partial charge in [0.15, 0.2) is 0 Å². The summed E-state index contributed by atoms with van der Waals surface area (Å²) in [5, 5.41) is 17.0. The molecule has 0 aliphatic carbocycles. The predicted molar refractivity (Wildman–Crippen MR) is 284 cm³/mol. The van der Waals surface area contributed by atoms with Crippen molar-refractivity contribution in [3.05, 3.63) is 199 Å². The molecule has 4 nitrogen and oxygen atoms in total. The van der Waals surface area contributed by atoms with Crippen LogP contribution in [0, 0.1) is 0 Å². The average molecular weight is 857 g/mol. The molecule has 0 spiro atoms. The Labute approximate surface area is 386 Å². The standard InChI is InChI=1S/C62H41BN2O2/c1-3-36-30-32-54-48(34-36)58-61(66-54)64(50-26-13-24-46-42-18-7-5-16-38(42)40-20-9-11-22-44(40)56(46)50)52-28-15-29-53-60(52)63(58)59-49-35-37(4-2)31-33-55(49)67-62(59)65(53)51-27-14-25-47-43-19-8-6-17-39(43)41-21-10-12-23-45(41)57(47)51/h5-35H,3-4H2,1-2H3. The zero-order valence-corrected chi connectivity index (χ0v) is 37.1. The molecule has 67 heavy (non-hydrogen) atoms. The van der Waals surface area contributed by atoms with Crippen LogP contribution in [0.2, 0.25) is 0 Å². The first-order chi connectivity index (χ1) is 33.2. The highest BCUT2D eigenvalue weighted by Gasteiger charge is 2.49. The fraction of sp³-hybridized carbons (Fsp3) is 0.0645. The van der Waals surface area contributed by atoms with Gasteiger partial charge < -0.3 is 8.83 Å². The number of furan rings is 2. The number of nitrogens with zero attached hydrogens (tertiary/aromatic N) is 2. The molecule has 5 heteroatoms. The third-order valence-corrected chi connectivity index (χ3v) is 15.1. The maximum Gasteiger partial charge on any atom is 0.262 e. The molecule has 314 valence electrons. The van der Waals surface area contributed by atoms with Crippen LogP contribution in [0.25, 0.3) is 86.6 Å². The zero-order valence-electron chi connectivity index (χ0n) is 37.1. The second kappa shape index (κ2) is 13.6. The first-order valence-corrected chi connectivity index (χ1v) is 23.7.